The largest absolute Gasteiger partial charge is 0.368 e. The van der Waals surface area contributed by atoms with Gasteiger partial charge in [-0.2, -0.15) is 4.98 Å². The van der Waals surface area contributed by atoms with Gasteiger partial charge in [0, 0.05) is 17.6 Å². The number of nitrogens with zero attached hydrogens (tertiary/aromatic N) is 3. The van der Waals surface area contributed by atoms with E-state index in [1.807, 2.05) is 38.4 Å². The Hall–Kier alpha value is -1.56. The Balaban J connectivity index is 2.16. The number of benzene rings is 1. The van der Waals surface area contributed by atoms with Crippen LogP contribution in [0.2, 0.25) is 10.2 Å². The summed E-state index contributed by atoms with van der Waals surface area (Å²) in [6.07, 6.45) is 0. The van der Waals surface area contributed by atoms with Gasteiger partial charge in [0.2, 0.25) is 5.95 Å². The second-order valence-corrected chi connectivity index (χ2v) is 5.61. The molecule has 0 saturated heterocycles. The molecule has 1 unspecified atom stereocenters. The maximum atomic E-state index is 6.27. The highest BCUT2D eigenvalue weighted by Gasteiger charge is 2.17. The summed E-state index contributed by atoms with van der Waals surface area (Å²) in [4.78, 5) is 10.0. The monoisotopic (exact) mass is 325 g/mol. The fraction of sp³-hybridized carbons (Fsp3) is 0.286. The van der Waals surface area contributed by atoms with E-state index in [1.54, 1.807) is 6.07 Å². The van der Waals surface area contributed by atoms with Crippen LogP contribution in [0.1, 0.15) is 11.6 Å². The van der Waals surface area contributed by atoms with Crippen LogP contribution >= 0.6 is 23.2 Å². The summed E-state index contributed by atoms with van der Waals surface area (Å²) in [5, 5.41) is 4.26. The molecule has 2 rings (SSSR count). The number of rotatable bonds is 5. The van der Waals surface area contributed by atoms with Crippen molar-refractivity contribution in [1.82, 2.24) is 14.9 Å². The van der Waals surface area contributed by atoms with E-state index in [4.69, 9.17) is 28.9 Å². The van der Waals surface area contributed by atoms with Crippen LogP contribution in [0.15, 0.2) is 30.3 Å². The first-order valence-electron chi connectivity index (χ1n) is 6.42. The Labute approximate surface area is 134 Å². The highest BCUT2D eigenvalue weighted by atomic mass is 35.5. The summed E-state index contributed by atoms with van der Waals surface area (Å²) < 4.78 is 0. The van der Waals surface area contributed by atoms with Gasteiger partial charge in [0.15, 0.2) is 0 Å². The molecule has 0 amide bonds. The Kier molecular flexibility index (Phi) is 5.22. The predicted molar refractivity (Wildman–Crippen MR) is 87.8 cm³/mol. The van der Waals surface area contributed by atoms with Gasteiger partial charge >= 0.3 is 0 Å². The third-order valence-corrected chi connectivity index (χ3v) is 3.61. The molecule has 1 aromatic heterocycles. The van der Waals surface area contributed by atoms with Crippen molar-refractivity contribution in [2.24, 2.45) is 0 Å². The molecule has 0 bridgehead atoms. The van der Waals surface area contributed by atoms with E-state index in [0.717, 1.165) is 10.6 Å². The van der Waals surface area contributed by atoms with Crippen LogP contribution in [0, 0.1) is 0 Å². The van der Waals surface area contributed by atoms with Crippen LogP contribution in [-0.4, -0.2) is 35.5 Å². The first kappa shape index (κ1) is 15.8. The average Bonchev–Trinajstić information content (AvgIpc) is 2.39. The van der Waals surface area contributed by atoms with Crippen molar-refractivity contribution < 1.29 is 0 Å². The number of anilines is 2. The molecule has 0 spiro atoms. The van der Waals surface area contributed by atoms with Crippen molar-refractivity contribution in [1.29, 1.82) is 0 Å². The Morgan fingerprint density at radius 1 is 1.24 bits per heavy atom. The van der Waals surface area contributed by atoms with E-state index in [-0.39, 0.29) is 12.0 Å². The fourth-order valence-electron chi connectivity index (χ4n) is 2.04. The number of aromatic nitrogens is 2. The van der Waals surface area contributed by atoms with Gasteiger partial charge in [-0.25, -0.2) is 4.98 Å². The number of hydrogen-bond acceptors (Lipinski definition) is 5. The van der Waals surface area contributed by atoms with E-state index in [0.29, 0.717) is 17.5 Å². The van der Waals surface area contributed by atoms with Gasteiger partial charge in [0.1, 0.15) is 11.0 Å². The van der Waals surface area contributed by atoms with Gasteiger partial charge in [-0.3, -0.25) is 0 Å². The number of nitrogen functional groups attached to an aromatic ring is 1. The van der Waals surface area contributed by atoms with Crippen LogP contribution in [0.4, 0.5) is 11.8 Å². The summed E-state index contributed by atoms with van der Waals surface area (Å²) in [5.41, 5.74) is 6.63. The third kappa shape index (κ3) is 4.20. The van der Waals surface area contributed by atoms with Crippen molar-refractivity contribution in [2.45, 2.75) is 6.04 Å². The molecule has 1 heterocycles. The summed E-state index contributed by atoms with van der Waals surface area (Å²) in [7, 11) is 3.99. The number of halogens is 2. The number of nitrogens with one attached hydrogen (secondary N) is 1. The summed E-state index contributed by atoms with van der Waals surface area (Å²) >= 11 is 12.1. The lowest BCUT2D eigenvalue weighted by atomic mass is 10.1. The fourth-order valence-corrected chi connectivity index (χ4v) is 2.49. The van der Waals surface area contributed by atoms with E-state index in [9.17, 15) is 0 Å². The summed E-state index contributed by atoms with van der Waals surface area (Å²) in [6.45, 7) is 0.615. The minimum atomic E-state index is 0.0914. The number of likely N-dealkylation sites (N-methyl/N-ethyl adjacent to an activating group) is 1. The molecule has 0 aliphatic rings. The molecule has 1 aromatic carbocycles. The van der Waals surface area contributed by atoms with E-state index in [1.165, 1.54) is 0 Å². The topological polar surface area (TPSA) is 67.1 Å². The molecule has 0 aliphatic heterocycles. The Bertz CT molecular complexity index is 598. The molecule has 0 fully saturated rings. The maximum absolute atomic E-state index is 6.27. The predicted octanol–water partition coefficient (Wildman–Crippen LogP) is 3.08. The molecule has 0 saturated carbocycles. The first-order valence-corrected chi connectivity index (χ1v) is 7.17. The number of nitrogens with two attached hydrogens (primary N) is 1. The molecule has 2 aromatic rings. The molecular formula is C14H17Cl2N5. The summed E-state index contributed by atoms with van der Waals surface area (Å²) in [6, 6.07) is 9.50. The first-order chi connectivity index (χ1) is 9.97. The van der Waals surface area contributed by atoms with Crippen LogP contribution in [-0.2, 0) is 0 Å². The quantitative estimate of drug-likeness (QED) is 0.827. The van der Waals surface area contributed by atoms with Gasteiger partial charge in [-0.1, -0.05) is 41.4 Å². The molecule has 3 N–H and O–H groups in total. The zero-order valence-corrected chi connectivity index (χ0v) is 13.4. The third-order valence-electron chi connectivity index (χ3n) is 3.08. The molecule has 21 heavy (non-hydrogen) atoms. The standard InChI is InChI=1S/C14H17Cl2N5/c1-21(2)11(9-5-3-4-6-10(9)15)8-18-13-7-12(16)19-14(17)20-13/h3-7,11H,8H2,1-2H3,(H3,17,18,19,20). The maximum Gasteiger partial charge on any atom is 0.223 e. The molecule has 1 atom stereocenters. The smallest absolute Gasteiger partial charge is 0.223 e. The van der Waals surface area contributed by atoms with Crippen LogP contribution in [0.25, 0.3) is 0 Å². The zero-order valence-electron chi connectivity index (χ0n) is 11.8. The minimum absolute atomic E-state index is 0.0914. The lowest BCUT2D eigenvalue weighted by Gasteiger charge is -2.26. The van der Waals surface area contributed by atoms with Crippen molar-refractivity contribution in [3.63, 3.8) is 0 Å². The second-order valence-electron chi connectivity index (χ2n) is 4.82. The SMILES string of the molecule is CN(C)C(CNc1cc(Cl)nc(N)n1)c1ccccc1Cl. The van der Waals surface area contributed by atoms with Crippen LogP contribution in [0.5, 0.6) is 0 Å². The number of hydrogen-bond donors (Lipinski definition) is 2. The van der Waals surface area contributed by atoms with E-state index < -0.39 is 0 Å². The van der Waals surface area contributed by atoms with Crippen LogP contribution < -0.4 is 11.1 Å². The van der Waals surface area contributed by atoms with Gasteiger partial charge < -0.3 is 16.0 Å². The molecule has 112 valence electrons. The van der Waals surface area contributed by atoms with E-state index >= 15 is 0 Å². The van der Waals surface area contributed by atoms with Crippen molar-refractivity contribution in [3.05, 3.63) is 46.1 Å². The van der Waals surface area contributed by atoms with Gasteiger partial charge in [-0.15, -0.1) is 0 Å². The van der Waals surface area contributed by atoms with Crippen molar-refractivity contribution >= 4 is 35.0 Å². The highest BCUT2D eigenvalue weighted by Crippen LogP contribution is 2.26. The zero-order chi connectivity index (χ0) is 15.4. The van der Waals surface area contributed by atoms with E-state index in [2.05, 4.69) is 20.2 Å². The summed E-state index contributed by atoms with van der Waals surface area (Å²) in [5.74, 6) is 0.732. The molecule has 0 radical (unpaired) electrons. The molecule has 5 nitrogen and oxygen atoms in total. The van der Waals surface area contributed by atoms with Gasteiger partial charge in [-0.05, 0) is 25.7 Å². The molecular weight excluding hydrogens is 309 g/mol. The van der Waals surface area contributed by atoms with Crippen molar-refractivity contribution in [2.75, 3.05) is 31.7 Å². The normalized spacial score (nSPS) is 12.4. The lowest BCUT2D eigenvalue weighted by molar-refractivity contribution is 0.312. The Morgan fingerprint density at radius 3 is 2.57 bits per heavy atom. The Morgan fingerprint density at radius 2 is 1.95 bits per heavy atom. The molecule has 7 heteroatoms. The van der Waals surface area contributed by atoms with Gasteiger partial charge in [0.05, 0.1) is 6.04 Å². The lowest BCUT2D eigenvalue weighted by Crippen LogP contribution is -2.27. The molecule has 0 aliphatic carbocycles. The van der Waals surface area contributed by atoms with Crippen LogP contribution in [0.3, 0.4) is 0 Å². The van der Waals surface area contributed by atoms with Crippen molar-refractivity contribution in [3.8, 4) is 0 Å². The van der Waals surface area contributed by atoms with Gasteiger partial charge in [0.25, 0.3) is 0 Å². The average molecular weight is 326 g/mol. The second kappa shape index (κ2) is 6.93. The minimum Gasteiger partial charge on any atom is -0.368 e. The highest BCUT2D eigenvalue weighted by molar-refractivity contribution is 6.31.